The number of rotatable bonds is 5. The number of hydrogen-bond acceptors (Lipinski definition) is 4. The standard InChI is InChI=1S/C14H30N4/c1-16-6-3-13(11-16)12-17(2)9-10-18-7-4-14(15)5-8-18/h13-14H,3-12,15H2,1-2H3. The average Bonchev–Trinajstić information content (AvgIpc) is 2.74. The van der Waals surface area contributed by atoms with Gasteiger partial charge in [-0.25, -0.2) is 0 Å². The monoisotopic (exact) mass is 254 g/mol. The zero-order valence-corrected chi connectivity index (χ0v) is 12.1. The highest BCUT2D eigenvalue weighted by Crippen LogP contribution is 2.15. The Morgan fingerprint density at radius 3 is 2.50 bits per heavy atom. The van der Waals surface area contributed by atoms with Crippen LogP contribution < -0.4 is 5.73 Å². The Bertz CT molecular complexity index is 238. The molecule has 0 amide bonds. The summed E-state index contributed by atoms with van der Waals surface area (Å²) in [5, 5.41) is 0. The Kier molecular flexibility index (Phi) is 5.42. The van der Waals surface area contributed by atoms with Crippen molar-refractivity contribution >= 4 is 0 Å². The van der Waals surface area contributed by atoms with Crippen LogP contribution in [0.4, 0.5) is 0 Å². The Balaban J connectivity index is 1.58. The van der Waals surface area contributed by atoms with E-state index >= 15 is 0 Å². The van der Waals surface area contributed by atoms with E-state index in [2.05, 4.69) is 28.8 Å². The molecule has 1 atom stereocenters. The van der Waals surface area contributed by atoms with Crippen molar-refractivity contribution in [3.05, 3.63) is 0 Å². The summed E-state index contributed by atoms with van der Waals surface area (Å²) in [6, 6.07) is 0.452. The maximum absolute atomic E-state index is 5.93. The van der Waals surface area contributed by atoms with Crippen molar-refractivity contribution in [3.63, 3.8) is 0 Å². The van der Waals surface area contributed by atoms with Gasteiger partial charge in [0.15, 0.2) is 0 Å². The first kappa shape index (κ1) is 14.3. The van der Waals surface area contributed by atoms with Gasteiger partial charge in [-0.1, -0.05) is 0 Å². The lowest BCUT2D eigenvalue weighted by Crippen LogP contribution is -2.43. The summed E-state index contributed by atoms with van der Waals surface area (Å²) in [6.45, 7) is 8.63. The van der Waals surface area contributed by atoms with Crippen molar-refractivity contribution in [2.45, 2.75) is 25.3 Å². The topological polar surface area (TPSA) is 35.7 Å². The van der Waals surface area contributed by atoms with Gasteiger partial charge in [-0.2, -0.15) is 0 Å². The van der Waals surface area contributed by atoms with Gasteiger partial charge < -0.3 is 20.4 Å². The van der Waals surface area contributed by atoms with Crippen molar-refractivity contribution in [2.24, 2.45) is 11.7 Å². The molecule has 2 saturated heterocycles. The molecule has 0 bridgehead atoms. The van der Waals surface area contributed by atoms with Gasteiger partial charge in [-0.3, -0.25) is 0 Å². The highest BCUT2D eigenvalue weighted by Gasteiger charge is 2.21. The van der Waals surface area contributed by atoms with Crippen LogP contribution in [0.25, 0.3) is 0 Å². The number of likely N-dealkylation sites (tertiary alicyclic amines) is 2. The molecule has 2 N–H and O–H groups in total. The molecule has 4 heteroatoms. The lowest BCUT2D eigenvalue weighted by molar-refractivity contribution is 0.177. The van der Waals surface area contributed by atoms with E-state index in [1.54, 1.807) is 0 Å². The van der Waals surface area contributed by atoms with Crippen LogP contribution in [0, 0.1) is 5.92 Å². The van der Waals surface area contributed by atoms with E-state index < -0.39 is 0 Å². The van der Waals surface area contributed by atoms with Crippen molar-refractivity contribution in [1.29, 1.82) is 0 Å². The van der Waals surface area contributed by atoms with Crippen LogP contribution in [-0.4, -0.2) is 80.7 Å². The van der Waals surface area contributed by atoms with Gasteiger partial charge in [0.1, 0.15) is 0 Å². The van der Waals surface area contributed by atoms with Gasteiger partial charge in [0.05, 0.1) is 0 Å². The van der Waals surface area contributed by atoms with E-state index in [9.17, 15) is 0 Å². The van der Waals surface area contributed by atoms with Crippen LogP contribution in [0.5, 0.6) is 0 Å². The van der Waals surface area contributed by atoms with Crippen LogP contribution in [0.3, 0.4) is 0 Å². The first-order valence-electron chi connectivity index (χ1n) is 7.48. The predicted molar refractivity (Wildman–Crippen MR) is 76.8 cm³/mol. The van der Waals surface area contributed by atoms with E-state index in [4.69, 9.17) is 5.73 Å². The summed E-state index contributed by atoms with van der Waals surface area (Å²) in [5.74, 6) is 0.884. The normalized spacial score (nSPS) is 28.3. The minimum Gasteiger partial charge on any atom is -0.328 e. The van der Waals surface area contributed by atoms with E-state index in [1.165, 1.54) is 65.1 Å². The molecule has 0 spiro atoms. The lowest BCUT2D eigenvalue weighted by atomic mass is 10.1. The molecule has 106 valence electrons. The summed E-state index contributed by atoms with van der Waals surface area (Å²) in [4.78, 5) is 7.53. The van der Waals surface area contributed by atoms with E-state index in [0.717, 1.165) is 5.92 Å². The second-order valence-corrected chi connectivity index (χ2v) is 6.36. The zero-order valence-electron chi connectivity index (χ0n) is 12.1. The minimum atomic E-state index is 0.452. The first-order chi connectivity index (χ1) is 8.63. The van der Waals surface area contributed by atoms with E-state index in [1.807, 2.05) is 0 Å². The lowest BCUT2D eigenvalue weighted by Gasteiger charge is -2.31. The Labute approximate surface area is 112 Å². The van der Waals surface area contributed by atoms with Crippen LogP contribution in [-0.2, 0) is 0 Å². The Morgan fingerprint density at radius 2 is 1.89 bits per heavy atom. The number of nitrogens with two attached hydrogens (primary N) is 1. The molecule has 2 fully saturated rings. The molecule has 1 unspecified atom stereocenters. The molecule has 0 aromatic heterocycles. The van der Waals surface area contributed by atoms with Crippen LogP contribution in [0.1, 0.15) is 19.3 Å². The maximum atomic E-state index is 5.93. The number of likely N-dealkylation sites (N-methyl/N-ethyl adjacent to an activating group) is 1. The highest BCUT2D eigenvalue weighted by molar-refractivity contribution is 4.77. The smallest absolute Gasteiger partial charge is 0.0109 e. The second-order valence-electron chi connectivity index (χ2n) is 6.36. The zero-order chi connectivity index (χ0) is 13.0. The number of nitrogens with zero attached hydrogens (tertiary/aromatic N) is 3. The molecule has 2 aliphatic heterocycles. The largest absolute Gasteiger partial charge is 0.328 e. The molecule has 2 rings (SSSR count). The molecule has 0 radical (unpaired) electrons. The third-order valence-electron chi connectivity index (χ3n) is 4.49. The summed E-state index contributed by atoms with van der Waals surface area (Å²) in [5.41, 5.74) is 5.93. The highest BCUT2D eigenvalue weighted by atomic mass is 15.2. The molecule has 2 aliphatic rings. The molecule has 2 heterocycles. The molecule has 18 heavy (non-hydrogen) atoms. The fraction of sp³-hybridized carbons (Fsp3) is 1.00. The van der Waals surface area contributed by atoms with Gasteiger partial charge in [0, 0.05) is 32.2 Å². The molecule has 0 saturated carbocycles. The Hall–Kier alpha value is -0.160. The van der Waals surface area contributed by atoms with Gasteiger partial charge >= 0.3 is 0 Å². The van der Waals surface area contributed by atoms with Gasteiger partial charge in [-0.05, 0) is 58.9 Å². The SMILES string of the molecule is CN1CCC(CN(C)CCN2CCC(N)CC2)C1. The summed E-state index contributed by atoms with van der Waals surface area (Å²) < 4.78 is 0. The van der Waals surface area contributed by atoms with E-state index in [0.29, 0.717) is 6.04 Å². The van der Waals surface area contributed by atoms with Crippen molar-refractivity contribution in [3.8, 4) is 0 Å². The number of piperidine rings is 1. The fourth-order valence-corrected chi connectivity index (χ4v) is 3.20. The Morgan fingerprint density at radius 1 is 1.17 bits per heavy atom. The van der Waals surface area contributed by atoms with Crippen molar-refractivity contribution in [1.82, 2.24) is 14.7 Å². The van der Waals surface area contributed by atoms with Crippen molar-refractivity contribution in [2.75, 3.05) is 59.9 Å². The molecule has 0 aromatic carbocycles. The van der Waals surface area contributed by atoms with E-state index in [-0.39, 0.29) is 0 Å². The summed E-state index contributed by atoms with van der Waals surface area (Å²) in [7, 11) is 4.50. The molecular formula is C14H30N4. The van der Waals surface area contributed by atoms with Gasteiger partial charge in [-0.15, -0.1) is 0 Å². The molecule has 0 aliphatic carbocycles. The van der Waals surface area contributed by atoms with Crippen LogP contribution in [0.15, 0.2) is 0 Å². The summed E-state index contributed by atoms with van der Waals surface area (Å²) >= 11 is 0. The summed E-state index contributed by atoms with van der Waals surface area (Å²) in [6.07, 6.45) is 3.73. The first-order valence-corrected chi connectivity index (χ1v) is 7.48. The molecular weight excluding hydrogens is 224 g/mol. The second kappa shape index (κ2) is 6.85. The van der Waals surface area contributed by atoms with Crippen LogP contribution >= 0.6 is 0 Å². The predicted octanol–water partition coefficient (Wildman–Crippen LogP) is 0.293. The third kappa shape index (κ3) is 4.50. The average molecular weight is 254 g/mol. The number of hydrogen-bond donors (Lipinski definition) is 1. The quantitative estimate of drug-likeness (QED) is 0.765. The minimum absolute atomic E-state index is 0.452. The fourth-order valence-electron chi connectivity index (χ4n) is 3.20. The maximum Gasteiger partial charge on any atom is 0.0109 e. The molecule has 0 aromatic rings. The third-order valence-corrected chi connectivity index (χ3v) is 4.49. The van der Waals surface area contributed by atoms with Gasteiger partial charge in [0.25, 0.3) is 0 Å². The van der Waals surface area contributed by atoms with Crippen molar-refractivity contribution < 1.29 is 0 Å². The van der Waals surface area contributed by atoms with Crippen LogP contribution in [0.2, 0.25) is 0 Å². The molecule has 4 nitrogen and oxygen atoms in total. The van der Waals surface area contributed by atoms with Gasteiger partial charge in [0.2, 0.25) is 0 Å².